The van der Waals surface area contributed by atoms with E-state index in [1.165, 1.54) is 12.5 Å². The Kier molecular flexibility index (Phi) is 4.31. The van der Waals surface area contributed by atoms with Gasteiger partial charge in [0.2, 0.25) is 0 Å². The largest absolute Gasteiger partial charge is 0.352 e. The molecule has 1 aromatic carbocycles. The molecule has 1 amide bonds. The first-order valence-electron chi connectivity index (χ1n) is 6.45. The summed E-state index contributed by atoms with van der Waals surface area (Å²) in [5.41, 5.74) is 0.634. The van der Waals surface area contributed by atoms with Crippen molar-refractivity contribution in [2.45, 2.75) is 32.2 Å². The third-order valence-electron chi connectivity index (χ3n) is 3.38. The van der Waals surface area contributed by atoms with E-state index in [-0.39, 0.29) is 11.5 Å². The number of rotatable bonds is 4. The highest BCUT2D eigenvalue weighted by Crippen LogP contribution is 2.12. The van der Waals surface area contributed by atoms with E-state index in [0.29, 0.717) is 18.2 Å². The third kappa shape index (κ3) is 3.07. The van der Waals surface area contributed by atoms with Crippen LogP contribution in [-0.4, -0.2) is 25.0 Å². The second-order valence-electron chi connectivity index (χ2n) is 4.77. The quantitative estimate of drug-likeness (QED) is 0.858. The minimum Gasteiger partial charge on any atom is -0.352 e. The summed E-state index contributed by atoms with van der Waals surface area (Å²) in [6.45, 7) is 3.31. The van der Waals surface area contributed by atoms with Gasteiger partial charge in [0.15, 0.2) is 0 Å². The lowest BCUT2D eigenvalue weighted by Crippen LogP contribution is -2.31. The zero-order chi connectivity index (χ0) is 13.0. The molecule has 1 heterocycles. The Morgan fingerprint density at radius 2 is 2.39 bits per heavy atom. The van der Waals surface area contributed by atoms with Gasteiger partial charge in [-0.3, -0.25) is 4.79 Å². The first kappa shape index (κ1) is 13.0. The van der Waals surface area contributed by atoms with Gasteiger partial charge in [-0.15, -0.1) is 0 Å². The van der Waals surface area contributed by atoms with Crippen LogP contribution in [0.25, 0.3) is 0 Å². The van der Waals surface area contributed by atoms with E-state index in [1.807, 2.05) is 0 Å². The Morgan fingerprint density at radius 1 is 1.56 bits per heavy atom. The van der Waals surface area contributed by atoms with Crippen LogP contribution >= 0.6 is 0 Å². The standard InChI is InChI=1S/C14H19FN2O/c1-10-4-2-6-12(13(10)15)14(18)17-9-7-11-5-3-8-16-11/h2,4,6,11,16H,3,5,7-9H2,1H3,(H,17,18)/t11-/m1/s1. The highest BCUT2D eigenvalue weighted by molar-refractivity contribution is 5.94. The Morgan fingerprint density at radius 3 is 3.11 bits per heavy atom. The summed E-state index contributed by atoms with van der Waals surface area (Å²) in [5, 5.41) is 6.14. The molecule has 0 radical (unpaired) electrons. The molecule has 0 spiro atoms. The fourth-order valence-corrected chi connectivity index (χ4v) is 2.28. The zero-order valence-corrected chi connectivity index (χ0v) is 10.6. The van der Waals surface area contributed by atoms with Crippen LogP contribution in [0.1, 0.15) is 35.2 Å². The summed E-state index contributed by atoms with van der Waals surface area (Å²) in [4.78, 5) is 11.8. The molecule has 0 bridgehead atoms. The Labute approximate surface area is 107 Å². The highest BCUT2D eigenvalue weighted by atomic mass is 19.1. The zero-order valence-electron chi connectivity index (χ0n) is 10.6. The lowest BCUT2D eigenvalue weighted by molar-refractivity contribution is 0.0948. The number of amides is 1. The second-order valence-corrected chi connectivity index (χ2v) is 4.77. The molecule has 1 aliphatic rings. The number of carbonyl (C=O) groups excluding carboxylic acids is 1. The van der Waals surface area contributed by atoms with Gasteiger partial charge in [-0.05, 0) is 44.4 Å². The predicted molar refractivity (Wildman–Crippen MR) is 69.1 cm³/mol. The van der Waals surface area contributed by atoms with E-state index in [2.05, 4.69) is 10.6 Å². The number of hydrogen-bond acceptors (Lipinski definition) is 2. The van der Waals surface area contributed by atoms with Gasteiger partial charge in [0, 0.05) is 12.6 Å². The van der Waals surface area contributed by atoms with Crippen molar-refractivity contribution in [3.8, 4) is 0 Å². The van der Waals surface area contributed by atoms with E-state index >= 15 is 0 Å². The molecule has 3 nitrogen and oxygen atoms in total. The van der Waals surface area contributed by atoms with Crippen LogP contribution in [0.4, 0.5) is 4.39 Å². The smallest absolute Gasteiger partial charge is 0.254 e. The second kappa shape index (κ2) is 5.96. The molecule has 98 valence electrons. The molecule has 0 aliphatic carbocycles. The fraction of sp³-hybridized carbons (Fsp3) is 0.500. The molecule has 1 fully saturated rings. The Hall–Kier alpha value is -1.42. The van der Waals surface area contributed by atoms with Gasteiger partial charge in [0.05, 0.1) is 5.56 Å². The topological polar surface area (TPSA) is 41.1 Å². The molecule has 1 aliphatic heterocycles. The maximum atomic E-state index is 13.7. The van der Waals surface area contributed by atoms with E-state index < -0.39 is 5.82 Å². The average Bonchev–Trinajstić information content (AvgIpc) is 2.85. The fourth-order valence-electron chi connectivity index (χ4n) is 2.28. The van der Waals surface area contributed by atoms with Gasteiger partial charge in [-0.1, -0.05) is 12.1 Å². The Balaban J connectivity index is 1.85. The molecule has 1 atom stereocenters. The van der Waals surface area contributed by atoms with Gasteiger partial charge in [0.25, 0.3) is 5.91 Å². The van der Waals surface area contributed by atoms with E-state index in [4.69, 9.17) is 0 Å². The van der Waals surface area contributed by atoms with Crippen molar-refractivity contribution >= 4 is 5.91 Å². The maximum Gasteiger partial charge on any atom is 0.254 e. The van der Waals surface area contributed by atoms with Crippen LogP contribution in [0.5, 0.6) is 0 Å². The normalized spacial score (nSPS) is 18.9. The van der Waals surface area contributed by atoms with E-state index in [0.717, 1.165) is 19.4 Å². The van der Waals surface area contributed by atoms with Gasteiger partial charge < -0.3 is 10.6 Å². The number of nitrogens with one attached hydrogen (secondary N) is 2. The van der Waals surface area contributed by atoms with Crippen molar-refractivity contribution in [2.24, 2.45) is 0 Å². The summed E-state index contributed by atoms with van der Waals surface area (Å²) in [7, 11) is 0. The molecule has 2 rings (SSSR count). The molecule has 2 N–H and O–H groups in total. The lowest BCUT2D eigenvalue weighted by atomic mass is 10.1. The molecule has 0 saturated carbocycles. The SMILES string of the molecule is Cc1cccc(C(=O)NCC[C@H]2CCCN2)c1F. The monoisotopic (exact) mass is 250 g/mol. The van der Waals surface area contributed by atoms with Crippen LogP contribution in [0, 0.1) is 12.7 Å². The molecule has 1 saturated heterocycles. The minimum atomic E-state index is -0.422. The molecular formula is C14H19FN2O. The van der Waals surface area contributed by atoms with Gasteiger partial charge >= 0.3 is 0 Å². The van der Waals surface area contributed by atoms with Gasteiger partial charge in [-0.25, -0.2) is 4.39 Å². The van der Waals surface area contributed by atoms with Crippen molar-refractivity contribution in [3.05, 3.63) is 35.1 Å². The summed E-state index contributed by atoms with van der Waals surface area (Å²) < 4.78 is 13.7. The number of benzene rings is 1. The van der Waals surface area contributed by atoms with Crippen LogP contribution in [-0.2, 0) is 0 Å². The first-order valence-corrected chi connectivity index (χ1v) is 6.45. The molecule has 0 unspecified atom stereocenters. The van der Waals surface area contributed by atoms with E-state index in [1.54, 1.807) is 19.1 Å². The van der Waals surface area contributed by atoms with Crippen molar-refractivity contribution in [2.75, 3.05) is 13.1 Å². The molecule has 0 aromatic heterocycles. The number of hydrogen-bond donors (Lipinski definition) is 2. The summed E-state index contributed by atoms with van der Waals surface area (Å²) >= 11 is 0. The van der Waals surface area contributed by atoms with Crippen LogP contribution in [0.15, 0.2) is 18.2 Å². The van der Waals surface area contributed by atoms with Gasteiger partial charge in [0.1, 0.15) is 5.82 Å². The number of aryl methyl sites for hydroxylation is 1. The number of carbonyl (C=O) groups is 1. The predicted octanol–water partition coefficient (Wildman–Crippen LogP) is 2.01. The van der Waals surface area contributed by atoms with Crippen LogP contribution < -0.4 is 10.6 Å². The minimum absolute atomic E-state index is 0.134. The van der Waals surface area contributed by atoms with Crippen molar-refractivity contribution in [1.82, 2.24) is 10.6 Å². The van der Waals surface area contributed by atoms with Gasteiger partial charge in [-0.2, -0.15) is 0 Å². The lowest BCUT2D eigenvalue weighted by Gasteiger charge is -2.11. The summed E-state index contributed by atoms with van der Waals surface area (Å²) in [5.74, 6) is -0.747. The van der Waals surface area contributed by atoms with Crippen molar-refractivity contribution < 1.29 is 9.18 Å². The van der Waals surface area contributed by atoms with Crippen molar-refractivity contribution in [1.29, 1.82) is 0 Å². The first-order chi connectivity index (χ1) is 8.68. The Bertz CT molecular complexity index is 428. The highest BCUT2D eigenvalue weighted by Gasteiger charge is 2.15. The number of halogens is 1. The van der Waals surface area contributed by atoms with Crippen molar-refractivity contribution in [3.63, 3.8) is 0 Å². The molecule has 4 heteroatoms. The molecule has 18 heavy (non-hydrogen) atoms. The van der Waals surface area contributed by atoms with E-state index in [9.17, 15) is 9.18 Å². The molecular weight excluding hydrogens is 231 g/mol. The average molecular weight is 250 g/mol. The third-order valence-corrected chi connectivity index (χ3v) is 3.38. The van der Waals surface area contributed by atoms with Crippen LogP contribution in [0.2, 0.25) is 0 Å². The summed E-state index contributed by atoms with van der Waals surface area (Å²) in [6, 6.07) is 5.37. The summed E-state index contributed by atoms with van der Waals surface area (Å²) in [6.07, 6.45) is 3.26. The molecule has 1 aromatic rings. The van der Waals surface area contributed by atoms with Crippen LogP contribution in [0.3, 0.4) is 0 Å². The maximum absolute atomic E-state index is 13.7.